The van der Waals surface area contributed by atoms with Gasteiger partial charge in [-0.3, -0.25) is 9.59 Å². The fourth-order valence-electron chi connectivity index (χ4n) is 2.49. The van der Waals surface area contributed by atoms with Crippen molar-refractivity contribution in [3.8, 4) is 11.3 Å². The van der Waals surface area contributed by atoms with Gasteiger partial charge >= 0.3 is 5.97 Å². The number of hydrogen-bond donors (Lipinski definition) is 1. The first-order valence-corrected chi connectivity index (χ1v) is 8.23. The van der Waals surface area contributed by atoms with E-state index in [1.54, 1.807) is 31.2 Å². The van der Waals surface area contributed by atoms with Crippen LogP contribution in [0.25, 0.3) is 11.3 Å². The Labute approximate surface area is 150 Å². The van der Waals surface area contributed by atoms with Gasteiger partial charge in [0.05, 0.1) is 13.0 Å². The molecule has 3 aromatic rings. The van der Waals surface area contributed by atoms with Crippen LogP contribution in [0.2, 0.25) is 0 Å². The molecule has 132 valence electrons. The molecule has 1 aromatic heterocycles. The summed E-state index contributed by atoms with van der Waals surface area (Å²) < 4.78 is 9.90. The number of ether oxygens (including phenoxy) is 1. The Balaban J connectivity index is 1.69. The number of esters is 1. The molecule has 6 heteroatoms. The third-order valence-electron chi connectivity index (χ3n) is 3.73. The lowest BCUT2D eigenvalue weighted by Crippen LogP contribution is -2.12. The van der Waals surface area contributed by atoms with E-state index in [0.717, 1.165) is 11.1 Å². The highest BCUT2D eigenvalue weighted by Gasteiger charge is 2.17. The molecule has 0 fully saturated rings. The van der Waals surface area contributed by atoms with Gasteiger partial charge in [-0.25, -0.2) is 0 Å². The maximum Gasteiger partial charge on any atom is 0.310 e. The van der Waals surface area contributed by atoms with Gasteiger partial charge in [-0.15, -0.1) is 0 Å². The highest BCUT2D eigenvalue weighted by molar-refractivity contribution is 6.07. The van der Waals surface area contributed by atoms with E-state index in [0.29, 0.717) is 23.6 Å². The lowest BCUT2D eigenvalue weighted by molar-refractivity contribution is -0.142. The molecule has 1 amide bonds. The van der Waals surface area contributed by atoms with Crippen LogP contribution in [0.3, 0.4) is 0 Å². The van der Waals surface area contributed by atoms with E-state index in [1.165, 1.54) is 6.26 Å². The van der Waals surface area contributed by atoms with Gasteiger partial charge in [-0.1, -0.05) is 47.6 Å². The van der Waals surface area contributed by atoms with Crippen molar-refractivity contribution < 1.29 is 18.8 Å². The van der Waals surface area contributed by atoms with Gasteiger partial charge in [0, 0.05) is 11.3 Å². The predicted octanol–water partition coefficient (Wildman–Crippen LogP) is 3.70. The molecule has 6 nitrogen and oxygen atoms in total. The second-order valence-electron chi connectivity index (χ2n) is 5.58. The number of amides is 1. The zero-order chi connectivity index (χ0) is 18.4. The largest absolute Gasteiger partial charge is 0.466 e. The smallest absolute Gasteiger partial charge is 0.310 e. The number of carbonyl (C=O) groups excluding carboxylic acids is 2. The topological polar surface area (TPSA) is 81.4 Å². The first-order valence-electron chi connectivity index (χ1n) is 8.23. The second kappa shape index (κ2) is 8.11. The zero-order valence-corrected chi connectivity index (χ0v) is 14.3. The first-order chi connectivity index (χ1) is 12.7. The van der Waals surface area contributed by atoms with Crippen LogP contribution in [0.1, 0.15) is 22.8 Å². The van der Waals surface area contributed by atoms with Gasteiger partial charge in [0.15, 0.2) is 0 Å². The SMILES string of the molecule is CCOC(=O)Cc1ccc(NC(=O)c2conc2-c2ccccc2)cc1. The van der Waals surface area contributed by atoms with Gasteiger partial charge in [0.2, 0.25) is 0 Å². The second-order valence-corrected chi connectivity index (χ2v) is 5.58. The average Bonchev–Trinajstić information content (AvgIpc) is 3.14. The van der Waals surface area contributed by atoms with Crippen LogP contribution in [0, 0.1) is 0 Å². The zero-order valence-electron chi connectivity index (χ0n) is 14.3. The summed E-state index contributed by atoms with van der Waals surface area (Å²) in [5, 5.41) is 6.73. The Bertz CT molecular complexity index is 886. The molecule has 0 aliphatic carbocycles. The summed E-state index contributed by atoms with van der Waals surface area (Å²) in [5.74, 6) is -0.593. The minimum atomic E-state index is -0.316. The molecule has 3 rings (SSSR count). The van der Waals surface area contributed by atoms with E-state index >= 15 is 0 Å². The summed E-state index contributed by atoms with van der Waals surface area (Å²) in [6.45, 7) is 2.13. The minimum absolute atomic E-state index is 0.200. The van der Waals surface area contributed by atoms with Crippen molar-refractivity contribution >= 4 is 17.6 Å². The van der Waals surface area contributed by atoms with Crippen molar-refractivity contribution in [1.29, 1.82) is 0 Å². The van der Waals surface area contributed by atoms with Crippen LogP contribution in [-0.2, 0) is 16.0 Å². The van der Waals surface area contributed by atoms with Crippen molar-refractivity contribution in [2.24, 2.45) is 0 Å². The molecule has 0 radical (unpaired) electrons. The summed E-state index contributed by atoms with van der Waals surface area (Å²) in [6, 6.07) is 16.4. The summed E-state index contributed by atoms with van der Waals surface area (Å²) in [6.07, 6.45) is 1.53. The number of nitrogens with zero attached hydrogens (tertiary/aromatic N) is 1. The lowest BCUT2D eigenvalue weighted by Gasteiger charge is -2.06. The van der Waals surface area contributed by atoms with E-state index in [-0.39, 0.29) is 18.3 Å². The Morgan fingerprint density at radius 2 is 1.81 bits per heavy atom. The molecule has 0 spiro atoms. The molecule has 26 heavy (non-hydrogen) atoms. The third kappa shape index (κ3) is 4.16. The van der Waals surface area contributed by atoms with Crippen LogP contribution in [-0.4, -0.2) is 23.6 Å². The van der Waals surface area contributed by atoms with E-state index in [2.05, 4.69) is 10.5 Å². The molecule has 0 unspecified atom stereocenters. The summed E-state index contributed by atoms with van der Waals surface area (Å²) in [7, 11) is 0. The molecule has 1 N–H and O–H groups in total. The van der Waals surface area contributed by atoms with E-state index in [4.69, 9.17) is 9.26 Å². The van der Waals surface area contributed by atoms with Gasteiger partial charge < -0.3 is 14.6 Å². The van der Waals surface area contributed by atoms with Crippen LogP contribution >= 0.6 is 0 Å². The van der Waals surface area contributed by atoms with Crippen molar-refractivity contribution in [3.63, 3.8) is 0 Å². The Kier molecular flexibility index (Phi) is 5.43. The normalized spacial score (nSPS) is 10.3. The number of carbonyl (C=O) groups is 2. The minimum Gasteiger partial charge on any atom is -0.466 e. The van der Waals surface area contributed by atoms with Gasteiger partial charge in [0.1, 0.15) is 17.5 Å². The van der Waals surface area contributed by atoms with E-state index < -0.39 is 0 Å². The third-order valence-corrected chi connectivity index (χ3v) is 3.73. The molecule has 1 heterocycles. The maximum absolute atomic E-state index is 12.5. The van der Waals surface area contributed by atoms with E-state index in [1.807, 2.05) is 30.3 Å². The summed E-state index contributed by atoms with van der Waals surface area (Å²) in [5.41, 5.74) is 3.07. The van der Waals surface area contributed by atoms with Crippen molar-refractivity contribution in [2.75, 3.05) is 11.9 Å². The van der Waals surface area contributed by atoms with Crippen LogP contribution in [0.5, 0.6) is 0 Å². The molecule has 0 aliphatic rings. The first kappa shape index (κ1) is 17.4. The highest BCUT2D eigenvalue weighted by atomic mass is 16.5. The Morgan fingerprint density at radius 1 is 1.08 bits per heavy atom. The molecule has 2 aromatic carbocycles. The number of anilines is 1. The number of rotatable bonds is 6. The molecular weight excluding hydrogens is 332 g/mol. The molecular formula is C20H18N2O4. The number of benzene rings is 2. The molecule has 0 atom stereocenters. The number of aromatic nitrogens is 1. The van der Waals surface area contributed by atoms with Gasteiger partial charge in [-0.2, -0.15) is 0 Å². The van der Waals surface area contributed by atoms with Crippen LogP contribution in [0.4, 0.5) is 5.69 Å². The van der Waals surface area contributed by atoms with Crippen molar-refractivity contribution in [2.45, 2.75) is 13.3 Å². The average molecular weight is 350 g/mol. The fraction of sp³-hybridized carbons (Fsp3) is 0.150. The fourth-order valence-corrected chi connectivity index (χ4v) is 2.49. The molecule has 0 saturated carbocycles. The van der Waals surface area contributed by atoms with Crippen LogP contribution < -0.4 is 5.32 Å². The monoisotopic (exact) mass is 350 g/mol. The van der Waals surface area contributed by atoms with Gasteiger partial charge in [0.25, 0.3) is 5.91 Å². The highest BCUT2D eigenvalue weighted by Crippen LogP contribution is 2.23. The van der Waals surface area contributed by atoms with Gasteiger partial charge in [-0.05, 0) is 24.6 Å². The summed E-state index contributed by atoms with van der Waals surface area (Å²) in [4.78, 5) is 24.0. The van der Waals surface area contributed by atoms with Crippen molar-refractivity contribution in [3.05, 3.63) is 72.0 Å². The number of hydrogen-bond acceptors (Lipinski definition) is 5. The molecule has 0 saturated heterocycles. The van der Waals surface area contributed by atoms with E-state index in [9.17, 15) is 9.59 Å². The molecule has 0 aliphatic heterocycles. The maximum atomic E-state index is 12.5. The standard InChI is InChI=1S/C20H18N2O4/c1-2-25-18(23)12-14-8-10-16(11-9-14)21-20(24)17-13-26-22-19(17)15-6-4-3-5-7-15/h3-11,13H,2,12H2,1H3,(H,21,24). The summed E-state index contributed by atoms with van der Waals surface area (Å²) >= 11 is 0. The quantitative estimate of drug-likeness (QED) is 0.686. The predicted molar refractivity (Wildman–Crippen MR) is 96.7 cm³/mol. The van der Waals surface area contributed by atoms with Crippen molar-refractivity contribution in [1.82, 2.24) is 5.16 Å². The molecule has 0 bridgehead atoms. The van der Waals surface area contributed by atoms with Crippen LogP contribution in [0.15, 0.2) is 65.4 Å². The number of nitrogens with one attached hydrogen (secondary N) is 1. The lowest BCUT2D eigenvalue weighted by atomic mass is 10.1. The Hall–Kier alpha value is -3.41. The Morgan fingerprint density at radius 3 is 2.50 bits per heavy atom.